The highest BCUT2D eigenvalue weighted by molar-refractivity contribution is 6.66. The molecule has 2 aromatic carbocycles. The van der Waals surface area contributed by atoms with E-state index in [2.05, 4.69) is 4.98 Å². The fourth-order valence-electron chi connectivity index (χ4n) is 7.40. The number of ether oxygens (including phenoxy) is 2. The van der Waals surface area contributed by atoms with Crippen LogP contribution in [0.1, 0.15) is 29.6 Å². The van der Waals surface area contributed by atoms with Crippen molar-refractivity contribution in [3.8, 4) is 17.2 Å². The second-order valence-electron chi connectivity index (χ2n) is 12.4. The highest BCUT2D eigenvalue weighted by atomic mass is 35.5. The maximum absolute atomic E-state index is 14.2. The van der Waals surface area contributed by atoms with Crippen molar-refractivity contribution in [3.05, 3.63) is 99.6 Å². The summed E-state index contributed by atoms with van der Waals surface area (Å²) in [5.41, 5.74) is -0.598. The molecule has 3 heterocycles. The molecule has 4 aromatic rings. The molecule has 51 heavy (non-hydrogen) atoms. The van der Waals surface area contributed by atoms with Crippen LogP contribution in [0.25, 0.3) is 11.0 Å². The first-order valence-corrected chi connectivity index (χ1v) is 17.2. The van der Waals surface area contributed by atoms with E-state index in [1.807, 2.05) is 0 Å². The minimum Gasteiger partial charge on any atom is -0.508 e. The number of phenols is 1. The van der Waals surface area contributed by atoms with E-state index in [1.165, 1.54) is 37.0 Å². The number of alkyl halides is 2. The Bertz CT molecular complexity index is 2480. The van der Waals surface area contributed by atoms with E-state index in [1.54, 1.807) is 25.3 Å². The molecule has 2 aromatic heterocycles. The number of phenolic OH excluding ortho intramolecular Hbond substituents is 1. The zero-order valence-corrected chi connectivity index (χ0v) is 30.7. The molecule has 0 amide bonds. The number of rotatable bonds is 6. The smallest absolute Gasteiger partial charge is 0.347 e. The van der Waals surface area contributed by atoms with Gasteiger partial charge in [-0.1, -0.05) is 40.9 Å². The van der Waals surface area contributed by atoms with Gasteiger partial charge in [0, 0.05) is 55.1 Å². The van der Waals surface area contributed by atoms with Gasteiger partial charge in [0.2, 0.25) is 0 Å². The molecule has 4 unspecified atom stereocenters. The quantitative estimate of drug-likeness (QED) is 0.224. The number of fused-ring (bicyclic) bond motifs is 5. The minimum absolute atomic E-state index is 0.0397. The van der Waals surface area contributed by atoms with Crippen molar-refractivity contribution in [1.82, 2.24) is 23.5 Å². The van der Waals surface area contributed by atoms with Crippen LogP contribution >= 0.6 is 58.0 Å². The van der Waals surface area contributed by atoms with E-state index in [0.717, 1.165) is 13.9 Å². The molecule has 13 nitrogen and oxygen atoms in total. The van der Waals surface area contributed by atoms with Crippen molar-refractivity contribution < 1.29 is 24.2 Å². The monoisotopic (exact) mass is 795 g/mol. The maximum Gasteiger partial charge on any atom is 0.347 e. The van der Waals surface area contributed by atoms with E-state index in [4.69, 9.17) is 67.5 Å². The molecule has 1 aliphatic heterocycles. The number of carbonyl (C=O) groups excluding carboxylic acids is 2. The number of aryl methyl sites for hydroxylation is 2. The summed E-state index contributed by atoms with van der Waals surface area (Å²) in [7, 11) is 4.50. The van der Waals surface area contributed by atoms with Crippen LogP contribution in [0, 0.1) is 0 Å². The summed E-state index contributed by atoms with van der Waals surface area (Å²) in [6, 6.07) is 6.18. The molecular formula is C33H26Cl5N5O8. The number of aromatic hydroxyl groups is 1. The highest BCUT2D eigenvalue weighted by Gasteiger charge is 2.71. The average Bonchev–Trinajstić information content (AvgIpc) is 3.36. The zero-order valence-electron chi connectivity index (χ0n) is 26.9. The molecule has 0 saturated heterocycles. The second kappa shape index (κ2) is 12.3. The molecule has 2 aliphatic carbocycles. The lowest BCUT2D eigenvalue weighted by atomic mass is 9.59. The van der Waals surface area contributed by atoms with Crippen LogP contribution < -0.4 is 26.4 Å². The number of hydrogen-bond donors (Lipinski definition) is 1. The molecule has 4 atom stereocenters. The van der Waals surface area contributed by atoms with Crippen molar-refractivity contribution >= 4 is 80.6 Å². The lowest BCUT2D eigenvalue weighted by Gasteiger charge is -2.54. The normalized spacial score (nSPS) is 24.3. The molecule has 18 heteroatoms. The Morgan fingerprint density at radius 3 is 2.29 bits per heavy atom. The molecule has 1 saturated carbocycles. The molecule has 0 radical (unpaired) electrons. The van der Waals surface area contributed by atoms with Crippen molar-refractivity contribution in [2.75, 3.05) is 14.2 Å². The summed E-state index contributed by atoms with van der Waals surface area (Å²) in [5, 5.41) is 9.96. The molecular weight excluding hydrogens is 772 g/mol. The van der Waals surface area contributed by atoms with Gasteiger partial charge in [-0.2, -0.15) is 0 Å². The van der Waals surface area contributed by atoms with Crippen molar-refractivity contribution in [2.24, 2.45) is 7.05 Å². The van der Waals surface area contributed by atoms with Crippen LogP contribution in [0.4, 0.5) is 0 Å². The molecule has 3 aliphatic rings. The minimum atomic E-state index is -2.32. The third-order valence-electron chi connectivity index (χ3n) is 9.90. The van der Waals surface area contributed by atoms with Gasteiger partial charge in [-0.15, -0.1) is 23.2 Å². The summed E-state index contributed by atoms with van der Waals surface area (Å²) in [5.74, 6) is -2.80. The van der Waals surface area contributed by atoms with Crippen LogP contribution in [0.15, 0.2) is 66.4 Å². The van der Waals surface area contributed by atoms with E-state index >= 15 is 0 Å². The lowest BCUT2D eigenvalue weighted by Crippen LogP contribution is -2.67. The van der Waals surface area contributed by atoms with Gasteiger partial charge < -0.3 is 19.1 Å². The number of nitrogens with zero attached hydrogens (tertiary/aromatic N) is 5. The van der Waals surface area contributed by atoms with E-state index in [0.29, 0.717) is 28.1 Å². The van der Waals surface area contributed by atoms with Crippen LogP contribution in [-0.2, 0) is 36.1 Å². The van der Waals surface area contributed by atoms with Crippen LogP contribution in [0.5, 0.6) is 17.2 Å². The van der Waals surface area contributed by atoms with Crippen LogP contribution in [0.3, 0.4) is 0 Å². The number of aromatic nitrogens is 5. The highest BCUT2D eigenvalue weighted by Crippen LogP contribution is 2.64. The van der Waals surface area contributed by atoms with Gasteiger partial charge in [0.15, 0.2) is 23.1 Å². The third kappa shape index (κ3) is 4.88. The number of benzene rings is 2. The summed E-state index contributed by atoms with van der Waals surface area (Å²) in [6.45, 7) is -0.392. The molecule has 0 bridgehead atoms. The Balaban J connectivity index is 1.34. The Morgan fingerprint density at radius 2 is 1.61 bits per heavy atom. The molecule has 0 spiro atoms. The number of Topliss-reactive ketones (excluding diaryl/α,β-unsaturated/α-hetero) is 2. The first-order valence-electron chi connectivity index (χ1n) is 15.4. The number of methoxy groups -OCH3 is 2. The fourth-order valence-corrected chi connectivity index (χ4v) is 9.10. The molecule has 1 N–H and O–H groups in total. The predicted molar refractivity (Wildman–Crippen MR) is 190 cm³/mol. The Hall–Kier alpha value is -4.01. The Labute approximate surface area is 312 Å². The lowest BCUT2D eigenvalue weighted by molar-refractivity contribution is -0.128. The van der Waals surface area contributed by atoms with Crippen molar-refractivity contribution in [3.63, 3.8) is 0 Å². The van der Waals surface area contributed by atoms with Gasteiger partial charge >= 0.3 is 11.4 Å². The largest absolute Gasteiger partial charge is 0.508 e. The first kappa shape index (κ1) is 35.4. The van der Waals surface area contributed by atoms with Gasteiger partial charge in [-0.05, 0) is 23.8 Å². The van der Waals surface area contributed by atoms with Crippen molar-refractivity contribution in [1.29, 1.82) is 0 Å². The molecule has 7 rings (SSSR count). The number of carbonyl (C=O) groups is 2. The van der Waals surface area contributed by atoms with Crippen LogP contribution in [-0.4, -0.2) is 64.1 Å². The summed E-state index contributed by atoms with van der Waals surface area (Å²) >= 11 is 33.1. The first-order chi connectivity index (χ1) is 24.1. The number of halogens is 5. The van der Waals surface area contributed by atoms with Gasteiger partial charge in [0.05, 0.1) is 37.8 Å². The van der Waals surface area contributed by atoms with E-state index < -0.39 is 66.7 Å². The average molecular weight is 798 g/mol. The Morgan fingerprint density at radius 1 is 0.941 bits per heavy atom. The summed E-state index contributed by atoms with van der Waals surface area (Å²) in [6.07, 6.45) is 1.04. The van der Waals surface area contributed by atoms with Crippen LogP contribution in [0.2, 0.25) is 5.02 Å². The fraction of sp³-hybridized carbons (Fsp3) is 0.333. The zero-order chi connectivity index (χ0) is 36.9. The van der Waals surface area contributed by atoms with Crippen molar-refractivity contribution in [2.45, 2.75) is 47.6 Å². The number of allylic oxidation sites excluding steroid dienone is 4. The third-order valence-corrected chi connectivity index (χ3v) is 12.4. The predicted octanol–water partition coefficient (Wildman–Crippen LogP) is 4.14. The van der Waals surface area contributed by atoms with E-state index in [9.17, 15) is 29.1 Å². The Kier molecular flexibility index (Phi) is 8.54. The standard InChI is InChI=1S/C33H26Cl5N5O8/c1-40-19-12-23(51-3)22(50-2)11-18(19)39-17(29(40)47)7-8-41-30(48)42-9-6-15-20(43(42)31(41)49)13-32(37)27(45)25(35)26(36)28(46)33(32,38)24(15)16-10-14(34)4-5-21(16)44/h4-6,10-12,20,24,44H,7-9,13H2,1-3H3. The van der Waals surface area contributed by atoms with E-state index in [-0.39, 0.29) is 41.5 Å². The summed E-state index contributed by atoms with van der Waals surface area (Å²) in [4.78, 5) is 69.0. The van der Waals surface area contributed by atoms with Gasteiger partial charge in [0.1, 0.15) is 31.3 Å². The van der Waals surface area contributed by atoms with Gasteiger partial charge in [0.25, 0.3) is 5.56 Å². The van der Waals surface area contributed by atoms with Gasteiger partial charge in [-0.3, -0.25) is 14.4 Å². The molecule has 266 valence electrons. The SMILES string of the molecule is COc1cc2nc(CCn3c(=O)n4n(c3=O)C3CC5(Cl)C(=O)C(Cl)=C(Cl)C(=O)C5(Cl)C(c5cc(Cl)ccc5O)C3=CC4)c(=O)n(C)c2cc1OC. The topological polar surface area (TPSA) is 157 Å². The maximum atomic E-state index is 14.2. The second-order valence-corrected chi connectivity index (χ2v) is 14.8. The molecule has 1 fully saturated rings. The number of hydrogen-bond acceptors (Lipinski definition) is 9. The summed E-state index contributed by atoms with van der Waals surface area (Å²) < 4.78 is 15.4. The van der Waals surface area contributed by atoms with Gasteiger partial charge in [-0.25, -0.2) is 28.5 Å². The number of ketones is 2.